The maximum Gasteiger partial charge on any atom is 0.269 e. The summed E-state index contributed by atoms with van der Waals surface area (Å²) in [6.45, 7) is 4.58. The summed E-state index contributed by atoms with van der Waals surface area (Å²) in [7, 11) is -1.94. The first-order chi connectivity index (χ1) is 15.2. The minimum absolute atomic E-state index is 0.234. The number of nitrogens with zero attached hydrogens (tertiary/aromatic N) is 4. The van der Waals surface area contributed by atoms with Crippen molar-refractivity contribution in [1.29, 1.82) is 0 Å². The van der Waals surface area contributed by atoms with E-state index in [1.165, 1.54) is 9.55 Å². The Balaban J connectivity index is 1.71. The van der Waals surface area contributed by atoms with Crippen molar-refractivity contribution < 1.29 is 8.42 Å². The summed E-state index contributed by atoms with van der Waals surface area (Å²) >= 11 is 0. The third kappa shape index (κ3) is 3.56. The Kier molecular flexibility index (Phi) is 4.82. The predicted octanol–water partition coefficient (Wildman–Crippen LogP) is 5.27. The SMILES string of the molecule is Cn1cc(-c2cn(S(=O)(=O)c3ccccc3)c3ncc(C4=CCC(C)(C)CC4)cc23)cn1. The summed E-state index contributed by atoms with van der Waals surface area (Å²) in [5.41, 5.74) is 4.72. The van der Waals surface area contributed by atoms with Gasteiger partial charge in [0.2, 0.25) is 0 Å². The molecule has 3 heterocycles. The van der Waals surface area contributed by atoms with Gasteiger partial charge in [0, 0.05) is 42.2 Å². The van der Waals surface area contributed by atoms with E-state index in [0.29, 0.717) is 11.1 Å². The molecular formula is C25H26N4O2S. The van der Waals surface area contributed by atoms with Crippen molar-refractivity contribution in [2.75, 3.05) is 0 Å². The molecule has 0 spiro atoms. The lowest BCUT2D eigenvalue weighted by Gasteiger charge is -2.28. The van der Waals surface area contributed by atoms with Gasteiger partial charge in [-0.3, -0.25) is 4.68 Å². The van der Waals surface area contributed by atoms with Crippen molar-refractivity contribution >= 4 is 26.6 Å². The maximum atomic E-state index is 13.4. The molecule has 32 heavy (non-hydrogen) atoms. The Morgan fingerprint density at radius 1 is 1.03 bits per heavy atom. The third-order valence-electron chi connectivity index (χ3n) is 6.27. The number of allylic oxidation sites excluding steroid dienone is 2. The highest BCUT2D eigenvalue weighted by molar-refractivity contribution is 7.90. The van der Waals surface area contributed by atoms with E-state index in [4.69, 9.17) is 0 Å². The van der Waals surface area contributed by atoms with Gasteiger partial charge in [-0.25, -0.2) is 17.4 Å². The lowest BCUT2D eigenvalue weighted by Crippen LogP contribution is -2.14. The number of fused-ring (bicyclic) bond motifs is 1. The number of aryl methyl sites for hydroxylation is 1. The molecule has 1 aromatic carbocycles. The molecule has 7 heteroatoms. The molecule has 0 radical (unpaired) electrons. The van der Waals surface area contributed by atoms with Gasteiger partial charge in [0.15, 0.2) is 5.65 Å². The topological polar surface area (TPSA) is 69.8 Å². The molecule has 0 unspecified atom stereocenters. The van der Waals surface area contributed by atoms with E-state index >= 15 is 0 Å². The van der Waals surface area contributed by atoms with Gasteiger partial charge in [-0.2, -0.15) is 5.10 Å². The first kappa shape index (κ1) is 20.7. The highest BCUT2D eigenvalue weighted by atomic mass is 32.2. The van der Waals surface area contributed by atoms with Gasteiger partial charge in [-0.1, -0.05) is 38.1 Å². The largest absolute Gasteiger partial charge is 0.275 e. The van der Waals surface area contributed by atoms with Gasteiger partial charge in [-0.05, 0) is 54.0 Å². The molecule has 1 aliphatic carbocycles. The van der Waals surface area contributed by atoms with Gasteiger partial charge in [0.05, 0.1) is 11.1 Å². The molecule has 0 atom stereocenters. The monoisotopic (exact) mass is 446 g/mol. The van der Waals surface area contributed by atoms with E-state index in [1.807, 2.05) is 13.2 Å². The van der Waals surface area contributed by atoms with Crippen LogP contribution in [0, 0.1) is 5.41 Å². The molecule has 0 saturated carbocycles. The van der Waals surface area contributed by atoms with E-state index in [-0.39, 0.29) is 4.90 Å². The van der Waals surface area contributed by atoms with Gasteiger partial charge in [-0.15, -0.1) is 0 Å². The fraction of sp³-hybridized carbons (Fsp3) is 0.280. The summed E-state index contributed by atoms with van der Waals surface area (Å²) in [5, 5.41) is 5.09. The first-order valence-corrected chi connectivity index (χ1v) is 12.2. The van der Waals surface area contributed by atoms with Gasteiger partial charge < -0.3 is 0 Å². The van der Waals surface area contributed by atoms with Crippen LogP contribution < -0.4 is 0 Å². The van der Waals surface area contributed by atoms with Crippen LogP contribution in [0.15, 0.2) is 72.2 Å². The molecule has 0 N–H and O–H groups in total. The van der Waals surface area contributed by atoms with E-state index in [2.05, 4.69) is 36.1 Å². The molecule has 0 saturated heterocycles. The zero-order valence-electron chi connectivity index (χ0n) is 18.5. The molecule has 4 aromatic rings. The van der Waals surface area contributed by atoms with Gasteiger partial charge in [0.25, 0.3) is 10.0 Å². The van der Waals surface area contributed by atoms with E-state index in [0.717, 1.165) is 41.3 Å². The van der Waals surface area contributed by atoms with E-state index < -0.39 is 10.0 Å². The van der Waals surface area contributed by atoms with E-state index in [9.17, 15) is 8.42 Å². The lowest BCUT2D eigenvalue weighted by molar-refractivity contribution is 0.335. The molecule has 0 bridgehead atoms. The normalized spacial score (nSPS) is 16.3. The Morgan fingerprint density at radius 3 is 2.47 bits per heavy atom. The minimum atomic E-state index is -3.79. The number of rotatable bonds is 4. The zero-order valence-corrected chi connectivity index (χ0v) is 19.3. The quantitative estimate of drug-likeness (QED) is 0.428. The molecular weight excluding hydrogens is 420 g/mol. The minimum Gasteiger partial charge on any atom is -0.275 e. The molecule has 5 rings (SSSR count). The van der Waals surface area contributed by atoms with Crippen LogP contribution >= 0.6 is 0 Å². The lowest BCUT2D eigenvalue weighted by atomic mass is 9.77. The van der Waals surface area contributed by atoms with Crippen LogP contribution in [0.25, 0.3) is 27.7 Å². The highest BCUT2D eigenvalue weighted by Crippen LogP contribution is 2.39. The molecule has 0 aliphatic heterocycles. The second kappa shape index (κ2) is 7.45. The number of hydrogen-bond acceptors (Lipinski definition) is 4. The zero-order chi connectivity index (χ0) is 22.5. The number of hydrogen-bond donors (Lipinski definition) is 0. The summed E-state index contributed by atoms with van der Waals surface area (Å²) in [5.74, 6) is 0. The second-order valence-corrected chi connectivity index (χ2v) is 11.1. The molecule has 0 fully saturated rings. The Hall–Kier alpha value is -3.19. The summed E-state index contributed by atoms with van der Waals surface area (Å²) < 4.78 is 29.9. The van der Waals surface area contributed by atoms with Crippen LogP contribution in [-0.4, -0.2) is 27.2 Å². The Labute approximate surface area is 188 Å². The first-order valence-electron chi connectivity index (χ1n) is 10.7. The highest BCUT2D eigenvalue weighted by Gasteiger charge is 2.25. The smallest absolute Gasteiger partial charge is 0.269 e. The maximum absolute atomic E-state index is 13.4. The van der Waals surface area contributed by atoms with Gasteiger partial charge in [0.1, 0.15) is 0 Å². The van der Waals surface area contributed by atoms with Crippen molar-refractivity contribution in [2.24, 2.45) is 12.5 Å². The Morgan fingerprint density at radius 2 is 1.81 bits per heavy atom. The van der Waals surface area contributed by atoms with Gasteiger partial charge >= 0.3 is 0 Å². The Bertz CT molecular complexity index is 1440. The van der Waals surface area contributed by atoms with Crippen LogP contribution in [0.5, 0.6) is 0 Å². The molecule has 164 valence electrons. The van der Waals surface area contributed by atoms with Crippen LogP contribution in [-0.2, 0) is 17.1 Å². The molecule has 6 nitrogen and oxygen atoms in total. The standard InChI is InChI=1S/C25H26N4O2S/c1-25(2)11-9-18(10-12-25)19-13-22-23(20-15-27-28(3)16-20)17-29(24(22)26-14-19)32(30,31)21-7-5-4-6-8-21/h4-9,13-17H,10-12H2,1-3H3. The van der Waals surface area contributed by atoms with Crippen molar-refractivity contribution in [3.63, 3.8) is 0 Å². The molecule has 1 aliphatic rings. The van der Waals surface area contributed by atoms with Crippen LogP contribution in [0.3, 0.4) is 0 Å². The molecule has 3 aromatic heterocycles. The second-order valence-electron chi connectivity index (χ2n) is 9.25. The van der Waals surface area contributed by atoms with Crippen molar-refractivity contribution in [1.82, 2.24) is 18.7 Å². The van der Waals surface area contributed by atoms with E-state index in [1.54, 1.807) is 53.6 Å². The van der Waals surface area contributed by atoms with Crippen LogP contribution in [0.2, 0.25) is 0 Å². The summed E-state index contributed by atoms with van der Waals surface area (Å²) in [4.78, 5) is 4.89. The average molecular weight is 447 g/mol. The summed E-state index contributed by atoms with van der Waals surface area (Å²) in [6.07, 6.45) is 12.6. The fourth-order valence-electron chi connectivity index (χ4n) is 4.27. The average Bonchev–Trinajstić information content (AvgIpc) is 3.37. The molecule has 0 amide bonds. The number of pyridine rings is 1. The van der Waals surface area contributed by atoms with Crippen molar-refractivity contribution in [2.45, 2.75) is 38.0 Å². The number of aromatic nitrogens is 4. The summed E-state index contributed by atoms with van der Waals surface area (Å²) in [6, 6.07) is 10.5. The predicted molar refractivity (Wildman–Crippen MR) is 127 cm³/mol. The third-order valence-corrected chi connectivity index (χ3v) is 7.93. The number of benzene rings is 1. The van der Waals surface area contributed by atoms with Crippen LogP contribution in [0.4, 0.5) is 0 Å². The van der Waals surface area contributed by atoms with Crippen LogP contribution in [0.1, 0.15) is 38.7 Å². The van der Waals surface area contributed by atoms with Crippen molar-refractivity contribution in [3.8, 4) is 11.1 Å². The van der Waals surface area contributed by atoms with Crippen molar-refractivity contribution in [3.05, 3.63) is 72.8 Å². The fourth-order valence-corrected chi connectivity index (χ4v) is 5.62.